The minimum Gasteiger partial charge on any atom is -0.393 e. The summed E-state index contributed by atoms with van der Waals surface area (Å²) in [6.07, 6.45) is 3.30. The van der Waals surface area contributed by atoms with Gasteiger partial charge in [-0.25, -0.2) is 0 Å². The average molecular weight is 310 g/mol. The molecule has 3 rings (SSSR count). The quantitative estimate of drug-likeness (QED) is 0.878. The molecule has 1 aromatic carbocycles. The zero-order valence-corrected chi connectivity index (χ0v) is 11.9. The number of aliphatic hydroxyl groups is 1. The van der Waals surface area contributed by atoms with Crippen LogP contribution in [0.25, 0.3) is 10.9 Å². The van der Waals surface area contributed by atoms with Crippen molar-refractivity contribution in [3.63, 3.8) is 0 Å². The molecule has 1 aliphatic rings. The maximum Gasteiger partial charge on any atom is 0.0870 e. The molecular formula is C14H16BrNO2. The fourth-order valence-corrected chi connectivity index (χ4v) is 3.01. The van der Waals surface area contributed by atoms with Gasteiger partial charge >= 0.3 is 0 Å². The largest absolute Gasteiger partial charge is 0.393 e. The summed E-state index contributed by atoms with van der Waals surface area (Å²) in [6, 6.07) is 6.26. The van der Waals surface area contributed by atoms with Crippen molar-refractivity contribution >= 4 is 26.8 Å². The van der Waals surface area contributed by atoms with Gasteiger partial charge in [0, 0.05) is 47.2 Å². The van der Waals surface area contributed by atoms with E-state index >= 15 is 0 Å². The van der Waals surface area contributed by atoms with Crippen LogP contribution in [-0.2, 0) is 11.8 Å². The molecule has 96 valence electrons. The number of ether oxygens (including phenoxy) is 1. The van der Waals surface area contributed by atoms with E-state index in [4.69, 9.17) is 4.74 Å². The zero-order valence-electron chi connectivity index (χ0n) is 10.3. The minimum absolute atomic E-state index is 0.00625. The highest BCUT2D eigenvalue weighted by Gasteiger charge is 2.25. The van der Waals surface area contributed by atoms with Gasteiger partial charge in [-0.15, -0.1) is 0 Å². The third kappa shape index (κ3) is 2.09. The van der Waals surface area contributed by atoms with Gasteiger partial charge in [-0.05, 0) is 24.6 Å². The van der Waals surface area contributed by atoms with Crippen LogP contribution in [-0.4, -0.2) is 22.4 Å². The number of aryl methyl sites for hydroxylation is 1. The van der Waals surface area contributed by atoms with Crippen LogP contribution in [0.1, 0.15) is 24.5 Å². The van der Waals surface area contributed by atoms with E-state index in [0.717, 1.165) is 10.9 Å². The lowest BCUT2D eigenvalue weighted by molar-refractivity contribution is -0.0441. The molecule has 0 radical (unpaired) electrons. The first-order chi connectivity index (χ1) is 8.65. The maximum absolute atomic E-state index is 9.78. The number of aliphatic hydroxyl groups excluding tert-OH is 1. The summed E-state index contributed by atoms with van der Waals surface area (Å²) in [5, 5.41) is 11.0. The Morgan fingerprint density at radius 2 is 2.28 bits per heavy atom. The van der Waals surface area contributed by atoms with Crippen molar-refractivity contribution < 1.29 is 9.84 Å². The van der Waals surface area contributed by atoms with Crippen LogP contribution >= 0.6 is 15.9 Å². The molecule has 0 bridgehead atoms. The summed E-state index contributed by atoms with van der Waals surface area (Å²) < 4.78 is 8.99. The second-order valence-corrected chi connectivity index (χ2v) is 5.81. The maximum atomic E-state index is 9.78. The van der Waals surface area contributed by atoms with Gasteiger partial charge in [0.15, 0.2) is 0 Å². The van der Waals surface area contributed by atoms with Gasteiger partial charge in [-0.2, -0.15) is 0 Å². The summed E-state index contributed by atoms with van der Waals surface area (Å²) in [5.41, 5.74) is 2.37. The second kappa shape index (κ2) is 4.68. The molecule has 1 N–H and O–H groups in total. The molecule has 2 aromatic rings. The monoisotopic (exact) mass is 309 g/mol. The van der Waals surface area contributed by atoms with Crippen molar-refractivity contribution in [1.82, 2.24) is 4.57 Å². The van der Waals surface area contributed by atoms with Crippen LogP contribution in [0.3, 0.4) is 0 Å². The Bertz CT molecular complexity index is 578. The number of benzene rings is 1. The number of nitrogens with zero attached hydrogens (tertiary/aromatic N) is 1. The van der Waals surface area contributed by atoms with E-state index in [1.165, 1.54) is 16.5 Å². The van der Waals surface area contributed by atoms with E-state index in [0.29, 0.717) is 13.0 Å². The molecule has 2 atom stereocenters. The van der Waals surface area contributed by atoms with Crippen LogP contribution in [0.15, 0.2) is 28.9 Å². The van der Waals surface area contributed by atoms with Gasteiger partial charge in [-0.1, -0.05) is 15.9 Å². The Hall–Kier alpha value is -0.840. The Morgan fingerprint density at radius 3 is 3.06 bits per heavy atom. The summed E-state index contributed by atoms with van der Waals surface area (Å²) in [4.78, 5) is 0. The van der Waals surface area contributed by atoms with Crippen LogP contribution in [0.5, 0.6) is 0 Å². The average Bonchev–Trinajstić information content (AvgIpc) is 2.66. The molecule has 18 heavy (non-hydrogen) atoms. The van der Waals surface area contributed by atoms with E-state index in [1.807, 2.05) is 13.1 Å². The second-order valence-electron chi connectivity index (χ2n) is 4.89. The van der Waals surface area contributed by atoms with Gasteiger partial charge in [0.25, 0.3) is 0 Å². The highest BCUT2D eigenvalue weighted by Crippen LogP contribution is 2.35. The highest BCUT2D eigenvalue weighted by molar-refractivity contribution is 9.10. The third-order valence-corrected chi connectivity index (χ3v) is 4.08. The van der Waals surface area contributed by atoms with Crippen LogP contribution in [0, 0.1) is 0 Å². The molecule has 0 spiro atoms. The van der Waals surface area contributed by atoms with Gasteiger partial charge in [0.1, 0.15) is 0 Å². The van der Waals surface area contributed by atoms with Crippen LogP contribution in [0.2, 0.25) is 0 Å². The normalized spacial score (nSPS) is 24.6. The fourth-order valence-electron chi connectivity index (χ4n) is 2.65. The lowest BCUT2D eigenvalue weighted by Gasteiger charge is -2.26. The SMILES string of the molecule is Cn1cc(C2CC(O)CCO2)c2cc(Br)ccc21. The van der Waals surface area contributed by atoms with Gasteiger partial charge in [0.05, 0.1) is 12.2 Å². The lowest BCUT2D eigenvalue weighted by Crippen LogP contribution is -2.23. The smallest absolute Gasteiger partial charge is 0.0870 e. The number of rotatable bonds is 1. The number of aromatic nitrogens is 1. The molecule has 0 aliphatic carbocycles. The Balaban J connectivity index is 2.08. The van der Waals surface area contributed by atoms with E-state index in [-0.39, 0.29) is 12.2 Å². The van der Waals surface area contributed by atoms with Crippen molar-refractivity contribution in [3.05, 3.63) is 34.4 Å². The molecule has 2 heterocycles. The molecule has 1 fully saturated rings. The van der Waals surface area contributed by atoms with E-state index in [2.05, 4.69) is 38.8 Å². The van der Waals surface area contributed by atoms with E-state index in [1.54, 1.807) is 0 Å². The topological polar surface area (TPSA) is 34.4 Å². The van der Waals surface area contributed by atoms with Crippen molar-refractivity contribution in [2.24, 2.45) is 7.05 Å². The molecule has 1 aliphatic heterocycles. The Morgan fingerprint density at radius 1 is 1.44 bits per heavy atom. The first-order valence-electron chi connectivity index (χ1n) is 6.19. The predicted molar refractivity (Wildman–Crippen MR) is 74.6 cm³/mol. The van der Waals surface area contributed by atoms with Crippen molar-refractivity contribution in [1.29, 1.82) is 0 Å². The van der Waals surface area contributed by atoms with E-state index < -0.39 is 0 Å². The van der Waals surface area contributed by atoms with Gasteiger partial charge in [0.2, 0.25) is 0 Å². The van der Waals surface area contributed by atoms with Crippen LogP contribution < -0.4 is 0 Å². The number of halogens is 1. The fraction of sp³-hybridized carbons (Fsp3) is 0.429. The standard InChI is InChI=1S/C14H16BrNO2/c1-16-8-12(14-7-10(17)4-5-18-14)11-6-9(15)2-3-13(11)16/h2-3,6,8,10,14,17H,4-5,7H2,1H3. The molecule has 1 aromatic heterocycles. The summed E-state index contributed by atoms with van der Waals surface area (Å²) in [5.74, 6) is 0. The first kappa shape index (κ1) is 12.2. The number of hydrogen-bond donors (Lipinski definition) is 1. The predicted octanol–water partition coefficient (Wildman–Crippen LogP) is 3.15. The molecule has 3 nitrogen and oxygen atoms in total. The summed E-state index contributed by atoms with van der Waals surface area (Å²) in [7, 11) is 2.04. The van der Waals surface area contributed by atoms with Crippen molar-refractivity contribution in [2.45, 2.75) is 25.0 Å². The number of fused-ring (bicyclic) bond motifs is 1. The molecule has 0 amide bonds. The Kier molecular flexibility index (Phi) is 3.18. The van der Waals surface area contributed by atoms with Crippen molar-refractivity contribution in [3.8, 4) is 0 Å². The highest BCUT2D eigenvalue weighted by atomic mass is 79.9. The summed E-state index contributed by atoms with van der Waals surface area (Å²) in [6.45, 7) is 0.635. The number of hydrogen-bond acceptors (Lipinski definition) is 2. The molecular weight excluding hydrogens is 294 g/mol. The minimum atomic E-state index is -0.244. The summed E-state index contributed by atoms with van der Waals surface area (Å²) >= 11 is 3.51. The molecule has 2 unspecified atom stereocenters. The van der Waals surface area contributed by atoms with E-state index in [9.17, 15) is 5.11 Å². The third-order valence-electron chi connectivity index (χ3n) is 3.59. The molecule has 0 saturated carbocycles. The van der Waals surface area contributed by atoms with Crippen LogP contribution in [0.4, 0.5) is 0 Å². The lowest BCUT2D eigenvalue weighted by atomic mass is 9.99. The Labute approximate surface area is 114 Å². The molecule has 1 saturated heterocycles. The van der Waals surface area contributed by atoms with Gasteiger partial charge in [-0.3, -0.25) is 0 Å². The molecule has 4 heteroatoms. The van der Waals surface area contributed by atoms with Crippen molar-refractivity contribution in [2.75, 3.05) is 6.61 Å². The first-order valence-corrected chi connectivity index (χ1v) is 6.98. The zero-order chi connectivity index (χ0) is 12.7. The van der Waals surface area contributed by atoms with Gasteiger partial charge < -0.3 is 14.4 Å².